The molecule has 0 saturated heterocycles. The Hall–Kier alpha value is -4.01. The van der Waals surface area contributed by atoms with E-state index in [9.17, 15) is 14.4 Å². The Morgan fingerprint density at radius 1 is 0.816 bits per heavy atom. The van der Waals surface area contributed by atoms with Gasteiger partial charge in [-0.25, -0.2) is 14.4 Å². The summed E-state index contributed by atoms with van der Waals surface area (Å²) in [5.41, 5.74) is 4.12. The smallest absolute Gasteiger partial charge is 0.407 e. The second-order valence-corrected chi connectivity index (χ2v) is 9.06. The highest BCUT2D eigenvalue weighted by Gasteiger charge is 2.21. The first-order valence-corrected chi connectivity index (χ1v) is 12.2. The fourth-order valence-corrected chi connectivity index (χ4v) is 4.01. The molecule has 0 bridgehead atoms. The van der Waals surface area contributed by atoms with Crippen LogP contribution in [0.25, 0.3) is 5.57 Å². The Morgan fingerprint density at radius 3 is 1.68 bits per heavy atom. The molecule has 1 amide bonds. The summed E-state index contributed by atoms with van der Waals surface area (Å²) in [6.45, 7) is 8.23. The molecule has 206 valence electrons. The van der Waals surface area contributed by atoms with Crippen molar-refractivity contribution in [1.29, 1.82) is 0 Å². The second-order valence-electron chi connectivity index (χ2n) is 9.06. The summed E-state index contributed by atoms with van der Waals surface area (Å²) in [6.07, 6.45) is 1.88. The molecule has 0 radical (unpaired) electrons. The van der Waals surface area contributed by atoms with E-state index < -0.39 is 18.0 Å². The van der Waals surface area contributed by atoms with E-state index in [-0.39, 0.29) is 17.0 Å². The van der Waals surface area contributed by atoms with E-state index in [1.165, 1.54) is 28.4 Å². The average molecular weight is 528 g/mol. The maximum Gasteiger partial charge on any atom is 0.407 e. The zero-order valence-corrected chi connectivity index (χ0v) is 23.4. The quantitative estimate of drug-likeness (QED) is 0.244. The maximum absolute atomic E-state index is 12.6. The molecule has 0 aliphatic heterocycles. The number of amides is 1. The van der Waals surface area contributed by atoms with Gasteiger partial charge in [0.25, 0.3) is 0 Å². The summed E-state index contributed by atoms with van der Waals surface area (Å²) in [7, 11) is 5.59. The number of carbonyl (C=O) groups is 3. The Bertz CT molecular complexity index is 1120. The van der Waals surface area contributed by atoms with E-state index in [0.29, 0.717) is 42.2 Å². The molecule has 0 heterocycles. The fraction of sp³-hybridized carbons (Fsp3) is 0.414. The van der Waals surface area contributed by atoms with Crippen molar-refractivity contribution >= 4 is 23.6 Å². The highest BCUT2D eigenvalue weighted by Crippen LogP contribution is 2.35. The Morgan fingerprint density at radius 2 is 1.29 bits per heavy atom. The third kappa shape index (κ3) is 7.50. The number of ether oxygens (including phenoxy) is 5. The van der Waals surface area contributed by atoms with Gasteiger partial charge in [0.05, 0.1) is 35.0 Å². The largest absolute Gasteiger partial charge is 0.496 e. The third-order valence-electron chi connectivity index (χ3n) is 5.70. The summed E-state index contributed by atoms with van der Waals surface area (Å²) in [6, 6.07) is 7.15. The number of hydrogen-bond acceptors (Lipinski definition) is 8. The number of hydrogen-bond donors (Lipinski definition) is 1. The summed E-state index contributed by atoms with van der Waals surface area (Å²) in [5, 5.41) is 2.74. The van der Waals surface area contributed by atoms with Crippen LogP contribution in [0, 0.1) is 19.8 Å². The molecular weight excluding hydrogens is 490 g/mol. The molecule has 0 saturated carbocycles. The standard InChI is InChI=1S/C29H37NO8/c1-17(2)16-38-29(33)30-11-9-10-22(20-12-18(3)25(34-5)23(14-20)27(31)36-7)21-13-19(4)26(35-6)24(15-21)28(32)37-8/h10,12-15,17H,9,11,16H2,1-8H3,(H,30,33). The topological polar surface area (TPSA) is 109 Å². The predicted molar refractivity (Wildman–Crippen MR) is 144 cm³/mol. The lowest BCUT2D eigenvalue weighted by Gasteiger charge is -2.18. The van der Waals surface area contributed by atoms with Crippen LogP contribution in [0.1, 0.15) is 63.2 Å². The first-order valence-electron chi connectivity index (χ1n) is 12.2. The van der Waals surface area contributed by atoms with Crippen LogP contribution in [0.3, 0.4) is 0 Å². The van der Waals surface area contributed by atoms with E-state index in [0.717, 1.165) is 16.7 Å². The normalized spacial score (nSPS) is 10.4. The Kier molecular flexibility index (Phi) is 11.2. The minimum atomic E-state index is -0.540. The van der Waals surface area contributed by atoms with Gasteiger partial charge in [0.1, 0.15) is 22.6 Å². The lowest BCUT2D eigenvalue weighted by atomic mass is 9.91. The summed E-state index contributed by atoms with van der Waals surface area (Å²) in [5.74, 6) is -0.0213. The van der Waals surface area contributed by atoms with Gasteiger partial charge in [-0.05, 0) is 78.3 Å². The highest BCUT2D eigenvalue weighted by atomic mass is 16.5. The number of methoxy groups -OCH3 is 4. The van der Waals surface area contributed by atoms with Crippen molar-refractivity contribution < 1.29 is 38.1 Å². The molecule has 0 aliphatic rings. The molecule has 1 N–H and O–H groups in total. The van der Waals surface area contributed by atoms with Crippen molar-refractivity contribution in [3.8, 4) is 11.5 Å². The summed E-state index contributed by atoms with van der Waals surface area (Å²) in [4.78, 5) is 37.1. The Balaban J connectivity index is 2.61. The number of benzene rings is 2. The minimum Gasteiger partial charge on any atom is -0.496 e. The number of rotatable bonds is 11. The van der Waals surface area contributed by atoms with Gasteiger partial charge in [-0.15, -0.1) is 0 Å². The van der Waals surface area contributed by atoms with Gasteiger partial charge in [0.15, 0.2) is 0 Å². The van der Waals surface area contributed by atoms with Crippen molar-refractivity contribution in [2.75, 3.05) is 41.6 Å². The summed E-state index contributed by atoms with van der Waals surface area (Å²) >= 11 is 0. The molecule has 0 atom stereocenters. The monoisotopic (exact) mass is 527 g/mol. The van der Waals surface area contributed by atoms with Crippen LogP contribution in [-0.2, 0) is 14.2 Å². The molecule has 2 rings (SSSR count). The molecule has 9 nitrogen and oxygen atoms in total. The van der Waals surface area contributed by atoms with Gasteiger partial charge in [0, 0.05) is 6.54 Å². The molecule has 0 aliphatic carbocycles. The van der Waals surface area contributed by atoms with Gasteiger partial charge in [-0.2, -0.15) is 0 Å². The molecule has 0 unspecified atom stereocenters. The van der Waals surface area contributed by atoms with Crippen molar-refractivity contribution in [2.24, 2.45) is 5.92 Å². The van der Waals surface area contributed by atoms with E-state index in [2.05, 4.69) is 5.32 Å². The minimum absolute atomic E-state index is 0.233. The lowest BCUT2D eigenvalue weighted by Crippen LogP contribution is -2.26. The van der Waals surface area contributed by atoms with Gasteiger partial charge in [-0.1, -0.05) is 19.9 Å². The zero-order valence-electron chi connectivity index (χ0n) is 23.4. The van der Waals surface area contributed by atoms with Crippen LogP contribution in [0.5, 0.6) is 11.5 Å². The third-order valence-corrected chi connectivity index (χ3v) is 5.70. The van der Waals surface area contributed by atoms with Crippen molar-refractivity contribution in [2.45, 2.75) is 34.1 Å². The highest BCUT2D eigenvalue weighted by molar-refractivity contribution is 5.97. The van der Waals surface area contributed by atoms with Gasteiger partial charge in [-0.3, -0.25) is 0 Å². The molecule has 0 fully saturated rings. The van der Waals surface area contributed by atoms with Crippen molar-refractivity contribution in [1.82, 2.24) is 5.32 Å². The molecular formula is C29H37NO8. The van der Waals surface area contributed by atoms with Gasteiger partial charge >= 0.3 is 18.0 Å². The number of esters is 2. The lowest BCUT2D eigenvalue weighted by molar-refractivity contribution is 0.0588. The number of nitrogens with one attached hydrogen (secondary N) is 1. The zero-order chi connectivity index (χ0) is 28.4. The van der Waals surface area contributed by atoms with Crippen LogP contribution >= 0.6 is 0 Å². The van der Waals surface area contributed by atoms with Crippen LogP contribution in [0.4, 0.5) is 4.79 Å². The van der Waals surface area contributed by atoms with Gasteiger partial charge in [0.2, 0.25) is 0 Å². The van der Waals surface area contributed by atoms with Crippen LogP contribution < -0.4 is 14.8 Å². The molecule has 2 aromatic rings. The van der Waals surface area contributed by atoms with Crippen molar-refractivity contribution in [3.05, 3.63) is 63.7 Å². The fourth-order valence-electron chi connectivity index (χ4n) is 4.01. The first kappa shape index (κ1) is 30.2. The molecule has 2 aromatic carbocycles. The molecule has 0 spiro atoms. The molecule has 38 heavy (non-hydrogen) atoms. The van der Waals surface area contributed by atoms with Gasteiger partial charge < -0.3 is 29.0 Å². The second kappa shape index (κ2) is 14.1. The number of alkyl carbamates (subject to hydrolysis) is 1. The molecule has 9 heteroatoms. The predicted octanol–water partition coefficient (Wildman–Crippen LogP) is 5.10. The summed E-state index contributed by atoms with van der Waals surface area (Å²) < 4.78 is 26.0. The van der Waals surface area contributed by atoms with E-state index in [1.807, 2.05) is 45.9 Å². The first-order chi connectivity index (χ1) is 18.1. The van der Waals surface area contributed by atoms with Crippen LogP contribution in [-0.4, -0.2) is 59.6 Å². The van der Waals surface area contributed by atoms with Crippen LogP contribution in [0.15, 0.2) is 30.3 Å². The van der Waals surface area contributed by atoms with Crippen molar-refractivity contribution in [3.63, 3.8) is 0 Å². The molecule has 0 aromatic heterocycles. The maximum atomic E-state index is 12.6. The Labute approximate surface area is 224 Å². The average Bonchev–Trinajstić information content (AvgIpc) is 2.89. The number of aryl methyl sites for hydroxylation is 2. The SMILES string of the molecule is COC(=O)c1cc(C(=CCCNC(=O)OCC(C)C)c2cc(C)c(OC)c(C(=O)OC)c2)cc(C)c1OC. The van der Waals surface area contributed by atoms with E-state index in [1.54, 1.807) is 12.1 Å². The van der Waals surface area contributed by atoms with E-state index in [4.69, 9.17) is 23.7 Å². The van der Waals surface area contributed by atoms with E-state index >= 15 is 0 Å². The number of carbonyl (C=O) groups excluding carboxylic acids is 3. The van der Waals surface area contributed by atoms with Crippen LogP contribution in [0.2, 0.25) is 0 Å².